The largest absolute Gasteiger partial charge is 0.456 e. The van der Waals surface area contributed by atoms with Crippen LogP contribution in [0, 0.1) is 27.7 Å². The van der Waals surface area contributed by atoms with Crippen molar-refractivity contribution in [3.8, 4) is 0 Å². The third kappa shape index (κ3) is 3.69. The SMILES string of the molecule is Cc1cc(C)c(Cc2ccc(C(=O)Nc3noc(C)c3Br)o2)c(C)c1. The lowest BCUT2D eigenvalue weighted by atomic mass is 9.97. The van der Waals surface area contributed by atoms with Gasteiger partial charge in [0, 0.05) is 6.42 Å². The molecule has 0 bridgehead atoms. The van der Waals surface area contributed by atoms with E-state index in [1.807, 2.05) is 6.07 Å². The molecule has 0 atom stereocenters. The molecule has 0 saturated carbocycles. The molecule has 2 aromatic heterocycles. The molecule has 2 heterocycles. The van der Waals surface area contributed by atoms with Crippen LogP contribution in [0.5, 0.6) is 0 Å². The first-order valence-corrected chi connectivity index (χ1v) is 8.73. The highest BCUT2D eigenvalue weighted by Crippen LogP contribution is 2.26. The number of rotatable bonds is 4. The highest BCUT2D eigenvalue weighted by molar-refractivity contribution is 9.10. The maximum Gasteiger partial charge on any atom is 0.292 e. The molecule has 130 valence electrons. The van der Waals surface area contributed by atoms with Gasteiger partial charge in [-0.3, -0.25) is 4.79 Å². The number of nitrogens with zero attached hydrogens (tertiary/aromatic N) is 1. The van der Waals surface area contributed by atoms with Crippen molar-refractivity contribution in [3.05, 3.63) is 68.3 Å². The Labute approximate surface area is 154 Å². The minimum Gasteiger partial charge on any atom is -0.456 e. The summed E-state index contributed by atoms with van der Waals surface area (Å²) in [6, 6.07) is 7.81. The summed E-state index contributed by atoms with van der Waals surface area (Å²) in [5.41, 5.74) is 4.91. The van der Waals surface area contributed by atoms with Crippen LogP contribution < -0.4 is 5.32 Å². The summed E-state index contributed by atoms with van der Waals surface area (Å²) in [5.74, 6) is 1.56. The Morgan fingerprint density at radius 2 is 1.84 bits per heavy atom. The van der Waals surface area contributed by atoms with Gasteiger partial charge >= 0.3 is 0 Å². The van der Waals surface area contributed by atoms with Gasteiger partial charge in [0.2, 0.25) is 0 Å². The minimum atomic E-state index is -0.363. The van der Waals surface area contributed by atoms with Crippen LogP contribution in [0.15, 0.2) is 37.7 Å². The molecular weight excluding hydrogens is 384 g/mol. The Bertz CT molecular complexity index is 917. The van der Waals surface area contributed by atoms with Gasteiger partial charge in [-0.05, 0) is 72.4 Å². The van der Waals surface area contributed by atoms with Crippen molar-refractivity contribution in [3.63, 3.8) is 0 Å². The summed E-state index contributed by atoms with van der Waals surface area (Å²) in [5, 5.41) is 6.46. The van der Waals surface area contributed by atoms with E-state index in [1.165, 1.54) is 22.3 Å². The number of anilines is 1. The lowest BCUT2D eigenvalue weighted by Gasteiger charge is -2.09. The zero-order valence-electron chi connectivity index (χ0n) is 14.6. The van der Waals surface area contributed by atoms with Crippen LogP contribution in [0.3, 0.4) is 0 Å². The van der Waals surface area contributed by atoms with E-state index in [4.69, 9.17) is 8.94 Å². The average Bonchev–Trinajstić information content (AvgIpc) is 3.13. The van der Waals surface area contributed by atoms with Crippen molar-refractivity contribution >= 4 is 27.7 Å². The van der Waals surface area contributed by atoms with Crippen molar-refractivity contribution in [2.75, 3.05) is 5.32 Å². The predicted molar refractivity (Wildman–Crippen MR) is 99.1 cm³/mol. The number of hydrogen-bond donors (Lipinski definition) is 1. The van der Waals surface area contributed by atoms with Gasteiger partial charge in [0.05, 0.1) is 0 Å². The van der Waals surface area contributed by atoms with Crippen LogP contribution in [0.25, 0.3) is 0 Å². The Kier molecular flexibility index (Phi) is 4.81. The number of benzene rings is 1. The molecule has 0 aliphatic rings. The van der Waals surface area contributed by atoms with Crippen LogP contribution in [-0.4, -0.2) is 11.1 Å². The van der Waals surface area contributed by atoms with Gasteiger partial charge in [0.15, 0.2) is 11.6 Å². The van der Waals surface area contributed by atoms with Crippen molar-refractivity contribution in [2.45, 2.75) is 34.1 Å². The molecule has 3 aromatic rings. The molecule has 0 spiro atoms. The molecule has 1 N–H and O–H groups in total. The molecule has 25 heavy (non-hydrogen) atoms. The molecule has 1 aromatic carbocycles. The molecule has 0 saturated heterocycles. The van der Waals surface area contributed by atoms with Crippen molar-refractivity contribution in [1.29, 1.82) is 0 Å². The molecule has 1 amide bonds. The fraction of sp³-hybridized carbons (Fsp3) is 0.263. The fourth-order valence-corrected chi connectivity index (χ4v) is 3.11. The zero-order chi connectivity index (χ0) is 18.1. The van der Waals surface area contributed by atoms with Gasteiger partial charge in [-0.1, -0.05) is 22.9 Å². The summed E-state index contributed by atoms with van der Waals surface area (Å²) < 4.78 is 11.4. The first-order valence-electron chi connectivity index (χ1n) is 7.93. The van der Waals surface area contributed by atoms with Crippen molar-refractivity contribution < 1.29 is 13.7 Å². The molecule has 0 aliphatic heterocycles. The third-order valence-corrected chi connectivity index (χ3v) is 5.03. The summed E-state index contributed by atoms with van der Waals surface area (Å²) in [6.45, 7) is 8.03. The van der Waals surface area contributed by atoms with Crippen LogP contribution >= 0.6 is 15.9 Å². The lowest BCUT2D eigenvalue weighted by molar-refractivity contribution is 0.0994. The summed E-state index contributed by atoms with van der Waals surface area (Å²) >= 11 is 3.32. The molecular formula is C19H19BrN2O3. The molecule has 0 fully saturated rings. The average molecular weight is 403 g/mol. The van der Waals surface area contributed by atoms with Crippen LogP contribution in [0.1, 0.15) is 44.3 Å². The predicted octanol–water partition coefficient (Wildman–Crippen LogP) is 5.11. The topological polar surface area (TPSA) is 68.3 Å². The van der Waals surface area contributed by atoms with Gasteiger partial charge < -0.3 is 14.3 Å². The summed E-state index contributed by atoms with van der Waals surface area (Å²) in [7, 11) is 0. The number of amides is 1. The first-order chi connectivity index (χ1) is 11.8. The van der Waals surface area contributed by atoms with Crippen molar-refractivity contribution in [2.24, 2.45) is 0 Å². The number of nitrogens with one attached hydrogen (secondary N) is 1. The van der Waals surface area contributed by atoms with Crippen LogP contribution in [0.4, 0.5) is 5.82 Å². The van der Waals surface area contributed by atoms with Crippen LogP contribution in [0.2, 0.25) is 0 Å². The van der Waals surface area contributed by atoms with Crippen LogP contribution in [-0.2, 0) is 6.42 Å². The molecule has 3 rings (SSSR count). The van der Waals surface area contributed by atoms with Crippen molar-refractivity contribution in [1.82, 2.24) is 5.16 Å². The standard InChI is InChI=1S/C19H19BrN2O3/c1-10-7-11(2)15(12(3)8-10)9-14-5-6-16(24-14)19(23)21-18-17(20)13(4)25-22-18/h5-8H,9H2,1-4H3,(H,21,22,23). The second-order valence-electron chi connectivity index (χ2n) is 6.18. The van der Waals surface area contributed by atoms with E-state index in [1.54, 1.807) is 13.0 Å². The van der Waals surface area contributed by atoms with Gasteiger partial charge in [-0.2, -0.15) is 0 Å². The second-order valence-corrected chi connectivity index (χ2v) is 6.97. The monoisotopic (exact) mass is 402 g/mol. The third-order valence-electron chi connectivity index (χ3n) is 4.10. The molecule has 0 radical (unpaired) electrons. The van der Waals surface area contributed by atoms with Gasteiger partial charge in [0.1, 0.15) is 16.0 Å². The molecule has 0 aliphatic carbocycles. The van der Waals surface area contributed by atoms with E-state index in [0.717, 1.165) is 5.76 Å². The number of furan rings is 1. The maximum atomic E-state index is 12.3. The summed E-state index contributed by atoms with van der Waals surface area (Å²) in [6.07, 6.45) is 0.651. The van der Waals surface area contributed by atoms with E-state index < -0.39 is 0 Å². The smallest absolute Gasteiger partial charge is 0.292 e. The zero-order valence-corrected chi connectivity index (χ0v) is 16.2. The van der Waals surface area contributed by atoms with Gasteiger partial charge in [0.25, 0.3) is 5.91 Å². The fourth-order valence-electron chi connectivity index (χ4n) is 2.87. The van der Waals surface area contributed by atoms with Gasteiger partial charge in [-0.15, -0.1) is 0 Å². The van der Waals surface area contributed by atoms with E-state index in [2.05, 4.69) is 59.3 Å². The number of carbonyl (C=O) groups excluding carboxylic acids is 1. The quantitative estimate of drug-likeness (QED) is 0.658. The number of carbonyl (C=O) groups is 1. The number of hydrogen-bond acceptors (Lipinski definition) is 4. The number of halogens is 1. The number of aromatic nitrogens is 1. The Morgan fingerprint density at radius 3 is 2.44 bits per heavy atom. The Morgan fingerprint density at radius 1 is 1.16 bits per heavy atom. The minimum absolute atomic E-state index is 0.241. The number of aryl methyl sites for hydroxylation is 4. The van der Waals surface area contributed by atoms with E-state index in [0.29, 0.717) is 22.5 Å². The Balaban J connectivity index is 1.76. The molecule has 5 nitrogen and oxygen atoms in total. The molecule has 0 unspecified atom stereocenters. The normalized spacial score (nSPS) is 10.9. The Hall–Kier alpha value is -2.34. The van der Waals surface area contributed by atoms with E-state index in [9.17, 15) is 4.79 Å². The highest BCUT2D eigenvalue weighted by atomic mass is 79.9. The lowest BCUT2D eigenvalue weighted by Crippen LogP contribution is -2.11. The summed E-state index contributed by atoms with van der Waals surface area (Å²) in [4.78, 5) is 12.3. The van der Waals surface area contributed by atoms with Gasteiger partial charge in [-0.25, -0.2) is 0 Å². The van der Waals surface area contributed by atoms with E-state index in [-0.39, 0.29) is 11.7 Å². The maximum absolute atomic E-state index is 12.3. The van der Waals surface area contributed by atoms with E-state index >= 15 is 0 Å². The first kappa shape index (κ1) is 17.5. The second kappa shape index (κ2) is 6.88. The molecule has 6 heteroatoms. The highest BCUT2D eigenvalue weighted by Gasteiger charge is 2.17.